The van der Waals surface area contributed by atoms with Crippen LogP contribution in [-0.2, 0) is 0 Å². The Hall–Kier alpha value is -1.49. The predicted octanol–water partition coefficient (Wildman–Crippen LogP) is 1.11. The number of nitrogens with one attached hydrogen (secondary N) is 1. The molecule has 1 aromatic heterocycles. The lowest BCUT2D eigenvalue weighted by molar-refractivity contribution is 0.0841. The molecular formula is C11H15FN2O2. The van der Waals surface area contributed by atoms with Gasteiger partial charge in [-0.05, 0) is 25.5 Å². The van der Waals surface area contributed by atoms with Crippen LogP contribution in [0.2, 0.25) is 0 Å². The molecule has 0 fully saturated rings. The number of hydrogen-bond donors (Lipinski definition) is 2. The molecule has 5 heteroatoms. The summed E-state index contributed by atoms with van der Waals surface area (Å²) in [4.78, 5) is 15.1. The Morgan fingerprint density at radius 1 is 1.62 bits per heavy atom. The van der Waals surface area contributed by atoms with Crippen molar-refractivity contribution in [2.24, 2.45) is 0 Å². The van der Waals surface area contributed by atoms with Gasteiger partial charge in [-0.25, -0.2) is 4.98 Å². The molecule has 2 N–H and O–H groups in total. The zero-order chi connectivity index (χ0) is 12.2. The van der Waals surface area contributed by atoms with Crippen molar-refractivity contribution in [3.05, 3.63) is 29.8 Å². The Morgan fingerprint density at radius 3 is 2.81 bits per heavy atom. The van der Waals surface area contributed by atoms with Gasteiger partial charge in [-0.1, -0.05) is 13.0 Å². The van der Waals surface area contributed by atoms with Gasteiger partial charge in [0.15, 0.2) is 0 Å². The number of carbonyl (C=O) groups excluding carboxylic acids is 1. The summed E-state index contributed by atoms with van der Waals surface area (Å²) in [5.41, 5.74) is -0.696. The maximum absolute atomic E-state index is 12.8. The highest BCUT2D eigenvalue weighted by molar-refractivity contribution is 5.92. The molecule has 1 atom stereocenters. The fourth-order valence-electron chi connectivity index (χ4n) is 1.11. The lowest BCUT2D eigenvalue weighted by Crippen LogP contribution is -2.48. The van der Waals surface area contributed by atoms with Gasteiger partial charge >= 0.3 is 0 Å². The van der Waals surface area contributed by atoms with Crippen molar-refractivity contribution < 1.29 is 14.3 Å². The molecule has 1 aromatic rings. The minimum Gasteiger partial charge on any atom is -0.394 e. The monoisotopic (exact) mass is 226 g/mol. The summed E-state index contributed by atoms with van der Waals surface area (Å²) in [5, 5.41) is 11.7. The lowest BCUT2D eigenvalue weighted by atomic mass is 10.00. The molecule has 0 aliphatic heterocycles. The largest absolute Gasteiger partial charge is 0.394 e. The molecule has 0 saturated carbocycles. The number of hydrogen-bond acceptors (Lipinski definition) is 3. The van der Waals surface area contributed by atoms with Crippen molar-refractivity contribution in [1.82, 2.24) is 10.3 Å². The van der Waals surface area contributed by atoms with Gasteiger partial charge in [0.2, 0.25) is 5.95 Å². The Morgan fingerprint density at radius 2 is 2.31 bits per heavy atom. The molecule has 1 unspecified atom stereocenters. The smallest absolute Gasteiger partial charge is 0.270 e. The van der Waals surface area contributed by atoms with Gasteiger partial charge in [0.1, 0.15) is 5.69 Å². The first-order chi connectivity index (χ1) is 7.50. The quantitative estimate of drug-likeness (QED) is 0.756. The number of carbonyl (C=O) groups is 1. The van der Waals surface area contributed by atoms with Crippen molar-refractivity contribution in [3.63, 3.8) is 0 Å². The van der Waals surface area contributed by atoms with E-state index in [2.05, 4.69) is 10.3 Å². The second-order valence-corrected chi connectivity index (χ2v) is 3.87. The van der Waals surface area contributed by atoms with E-state index in [1.54, 1.807) is 6.92 Å². The van der Waals surface area contributed by atoms with E-state index in [0.29, 0.717) is 6.42 Å². The molecular weight excluding hydrogens is 211 g/mol. The zero-order valence-corrected chi connectivity index (χ0v) is 9.33. The Kier molecular flexibility index (Phi) is 3.95. The third kappa shape index (κ3) is 3.00. The third-order valence-electron chi connectivity index (χ3n) is 2.49. The fraction of sp³-hybridized carbons (Fsp3) is 0.455. The average Bonchev–Trinajstić information content (AvgIpc) is 2.29. The first-order valence-electron chi connectivity index (χ1n) is 5.06. The lowest BCUT2D eigenvalue weighted by Gasteiger charge is -2.26. The summed E-state index contributed by atoms with van der Waals surface area (Å²) in [6.45, 7) is 3.38. The van der Waals surface area contributed by atoms with Crippen LogP contribution >= 0.6 is 0 Å². The van der Waals surface area contributed by atoms with Crippen molar-refractivity contribution in [3.8, 4) is 0 Å². The number of rotatable bonds is 4. The molecule has 1 rings (SSSR count). The third-order valence-corrected chi connectivity index (χ3v) is 2.49. The Labute approximate surface area is 93.5 Å². The average molecular weight is 226 g/mol. The van der Waals surface area contributed by atoms with Crippen LogP contribution in [0.3, 0.4) is 0 Å². The second kappa shape index (κ2) is 5.03. The van der Waals surface area contributed by atoms with Gasteiger partial charge in [0.05, 0.1) is 12.1 Å². The van der Waals surface area contributed by atoms with Crippen LogP contribution in [0.5, 0.6) is 0 Å². The Bertz CT molecular complexity index is 378. The molecule has 0 saturated heterocycles. The topological polar surface area (TPSA) is 62.2 Å². The normalized spacial score (nSPS) is 14.2. The highest BCUT2D eigenvalue weighted by atomic mass is 19.1. The summed E-state index contributed by atoms with van der Waals surface area (Å²) in [6, 6.07) is 4.01. The van der Waals surface area contributed by atoms with E-state index in [0.717, 1.165) is 0 Å². The minimum atomic E-state index is -0.703. The first kappa shape index (κ1) is 12.6. The van der Waals surface area contributed by atoms with Crippen LogP contribution in [0, 0.1) is 5.95 Å². The van der Waals surface area contributed by atoms with Crippen molar-refractivity contribution >= 4 is 5.91 Å². The van der Waals surface area contributed by atoms with E-state index in [9.17, 15) is 9.18 Å². The standard InChI is InChI=1S/C11H15FN2O2/c1-3-11(2,7-15)14-10(16)8-5-4-6-9(12)13-8/h4-6,15H,3,7H2,1-2H3,(H,14,16). The van der Waals surface area contributed by atoms with Crippen molar-refractivity contribution in [2.45, 2.75) is 25.8 Å². The maximum Gasteiger partial charge on any atom is 0.270 e. The van der Waals surface area contributed by atoms with E-state index < -0.39 is 17.4 Å². The van der Waals surface area contributed by atoms with Crippen LogP contribution in [-0.4, -0.2) is 28.1 Å². The summed E-state index contributed by atoms with van der Waals surface area (Å²) in [7, 11) is 0. The van der Waals surface area contributed by atoms with Gasteiger partial charge in [-0.2, -0.15) is 4.39 Å². The van der Waals surface area contributed by atoms with Crippen LogP contribution in [0.4, 0.5) is 4.39 Å². The molecule has 4 nitrogen and oxygen atoms in total. The van der Waals surface area contributed by atoms with E-state index in [4.69, 9.17) is 5.11 Å². The number of pyridine rings is 1. The molecule has 0 aromatic carbocycles. The van der Waals surface area contributed by atoms with Crippen LogP contribution in [0.25, 0.3) is 0 Å². The summed E-state index contributed by atoms with van der Waals surface area (Å²) in [6.07, 6.45) is 0.574. The minimum absolute atomic E-state index is 0.00752. The molecule has 1 amide bonds. The first-order valence-corrected chi connectivity index (χ1v) is 5.06. The summed E-state index contributed by atoms with van der Waals surface area (Å²) < 4.78 is 12.8. The molecule has 0 spiro atoms. The maximum atomic E-state index is 12.8. The molecule has 0 aliphatic carbocycles. The van der Waals surface area contributed by atoms with E-state index >= 15 is 0 Å². The number of nitrogens with zero attached hydrogens (tertiary/aromatic N) is 1. The van der Waals surface area contributed by atoms with E-state index in [1.807, 2.05) is 6.92 Å². The molecule has 16 heavy (non-hydrogen) atoms. The fourth-order valence-corrected chi connectivity index (χ4v) is 1.11. The highest BCUT2D eigenvalue weighted by Gasteiger charge is 2.24. The SMILES string of the molecule is CCC(C)(CO)NC(=O)c1cccc(F)n1. The van der Waals surface area contributed by atoms with Crippen molar-refractivity contribution in [1.29, 1.82) is 0 Å². The molecule has 1 heterocycles. The number of aromatic nitrogens is 1. The molecule has 88 valence electrons. The van der Waals surface area contributed by atoms with Gasteiger partial charge in [-0.15, -0.1) is 0 Å². The predicted molar refractivity (Wildman–Crippen MR) is 57.4 cm³/mol. The van der Waals surface area contributed by atoms with E-state index in [-0.39, 0.29) is 12.3 Å². The number of amides is 1. The number of aliphatic hydroxyl groups is 1. The molecule has 0 bridgehead atoms. The Balaban J connectivity index is 2.80. The van der Waals surface area contributed by atoms with Gasteiger partial charge in [-0.3, -0.25) is 4.79 Å². The van der Waals surface area contributed by atoms with Crippen LogP contribution < -0.4 is 5.32 Å². The zero-order valence-electron chi connectivity index (χ0n) is 9.33. The van der Waals surface area contributed by atoms with E-state index in [1.165, 1.54) is 18.2 Å². The molecule has 0 aliphatic rings. The number of aliphatic hydroxyl groups excluding tert-OH is 1. The summed E-state index contributed by atoms with van der Waals surface area (Å²) in [5.74, 6) is -1.19. The number of halogens is 1. The van der Waals surface area contributed by atoms with Crippen LogP contribution in [0.15, 0.2) is 18.2 Å². The molecule has 0 radical (unpaired) electrons. The van der Waals surface area contributed by atoms with Gasteiger partial charge < -0.3 is 10.4 Å². The van der Waals surface area contributed by atoms with Gasteiger partial charge in [0, 0.05) is 0 Å². The van der Waals surface area contributed by atoms with Gasteiger partial charge in [0.25, 0.3) is 5.91 Å². The second-order valence-electron chi connectivity index (χ2n) is 3.87. The summed E-state index contributed by atoms with van der Waals surface area (Å²) >= 11 is 0. The van der Waals surface area contributed by atoms with Crippen LogP contribution in [0.1, 0.15) is 30.8 Å². The highest BCUT2D eigenvalue weighted by Crippen LogP contribution is 2.09. The van der Waals surface area contributed by atoms with Crippen molar-refractivity contribution in [2.75, 3.05) is 6.61 Å².